The average Bonchev–Trinajstić information content (AvgIpc) is 1.63. The topological polar surface area (TPSA) is 120 Å². The van der Waals surface area contributed by atoms with E-state index in [1.807, 2.05) is 157 Å². The number of halogens is 5. The second kappa shape index (κ2) is 33.9. The third kappa shape index (κ3) is 15.7. The van der Waals surface area contributed by atoms with Crippen LogP contribution in [0, 0.1) is 56.8 Å². The van der Waals surface area contributed by atoms with E-state index in [4.69, 9.17) is 37.6 Å². The van der Waals surface area contributed by atoms with Gasteiger partial charge in [0.2, 0.25) is 45.6 Å². The molecule has 0 atom stereocenters. The summed E-state index contributed by atoms with van der Waals surface area (Å²) in [4.78, 5) is 19.0. The van der Waals surface area contributed by atoms with E-state index in [1.165, 1.54) is 30.3 Å². The molecular formula is C108H95F5N8O4+4. The van der Waals surface area contributed by atoms with Crippen LogP contribution >= 0.6 is 0 Å². The van der Waals surface area contributed by atoms with Crippen molar-refractivity contribution in [2.24, 2.45) is 28.2 Å². The van der Waals surface area contributed by atoms with Gasteiger partial charge in [-0.1, -0.05) is 159 Å². The third-order valence-corrected chi connectivity index (χ3v) is 23.7. The van der Waals surface area contributed by atoms with Crippen molar-refractivity contribution in [3.8, 4) is 89.5 Å². The van der Waals surface area contributed by atoms with Crippen LogP contribution in [0.4, 0.5) is 22.0 Å². The summed E-state index contributed by atoms with van der Waals surface area (Å²) in [6.45, 7) is 25.2. The molecule has 0 saturated carbocycles. The SMILES string of the molecule is Cc1ccc2c(oc3nc(C(C)C)ccc32)c1-c1c(-c2ccccc2F)ccc[n+]1C.Cc1ccc2c(oc3nc(C(C)C)ccc32)c1-c1cc(-c2ccccc2F)cc[n+]1C.Cc1ccc2c(oc3nc(C(C)C)ccc32)c1-c1ccc(-c2ccc(F)cc2F)c[n+]1C.Cc1ccc2c(oc3nc(C(C)C)ccc32)c1-c1ccc(-c2ccccc2F)c[n+]1C. The minimum absolute atomic E-state index is 0.224. The van der Waals surface area contributed by atoms with Crippen molar-refractivity contribution in [1.82, 2.24) is 19.9 Å². The summed E-state index contributed by atoms with van der Waals surface area (Å²) in [5, 5.41) is 8.12. The molecule has 125 heavy (non-hydrogen) atoms. The number of fused-ring (bicyclic) bond motifs is 12. The van der Waals surface area contributed by atoms with Crippen LogP contribution in [-0.2, 0) is 28.2 Å². The van der Waals surface area contributed by atoms with Gasteiger partial charge >= 0.3 is 0 Å². The lowest BCUT2D eigenvalue weighted by atomic mass is 9.94. The van der Waals surface area contributed by atoms with Crippen molar-refractivity contribution in [2.75, 3.05) is 0 Å². The van der Waals surface area contributed by atoms with Gasteiger partial charge in [0, 0.05) is 136 Å². The third-order valence-electron chi connectivity index (χ3n) is 23.7. The smallest absolute Gasteiger partial charge is 0.227 e. The highest BCUT2D eigenvalue weighted by Gasteiger charge is 2.30. The van der Waals surface area contributed by atoms with E-state index in [-0.39, 0.29) is 17.5 Å². The number of furan rings is 4. The zero-order valence-corrected chi connectivity index (χ0v) is 72.7. The Morgan fingerprint density at radius 2 is 0.600 bits per heavy atom. The molecule has 12 aromatic heterocycles. The van der Waals surface area contributed by atoms with Crippen molar-refractivity contribution < 1.29 is 57.9 Å². The summed E-state index contributed by atoms with van der Waals surface area (Å²) in [5.41, 5.74) is 27.2. The zero-order valence-electron chi connectivity index (χ0n) is 72.7. The number of aromatic nitrogens is 8. The van der Waals surface area contributed by atoms with Crippen LogP contribution in [0.5, 0.6) is 0 Å². The summed E-state index contributed by atoms with van der Waals surface area (Å²) >= 11 is 0. The second-order valence-corrected chi connectivity index (χ2v) is 33.6. The van der Waals surface area contributed by atoms with Crippen LogP contribution in [0.15, 0.2) is 279 Å². The molecule has 0 bridgehead atoms. The summed E-state index contributed by atoms with van der Waals surface area (Å²) in [5.74, 6) is -0.577. The molecule has 0 saturated heterocycles. The van der Waals surface area contributed by atoms with Gasteiger partial charge in [0.15, 0.2) is 47.1 Å². The van der Waals surface area contributed by atoms with Crippen LogP contribution in [0.2, 0.25) is 0 Å². The lowest BCUT2D eigenvalue weighted by molar-refractivity contribution is -0.660. The van der Waals surface area contributed by atoms with E-state index in [0.29, 0.717) is 74.3 Å². The number of hydrogen-bond acceptors (Lipinski definition) is 8. The van der Waals surface area contributed by atoms with E-state index in [9.17, 15) is 22.0 Å². The Bertz CT molecular complexity index is 7640. The molecule has 0 spiro atoms. The highest BCUT2D eigenvalue weighted by atomic mass is 19.1. The minimum Gasteiger partial charge on any atom is -0.437 e. The van der Waals surface area contributed by atoms with Gasteiger partial charge in [0.25, 0.3) is 0 Å². The van der Waals surface area contributed by atoms with Gasteiger partial charge in [-0.05, 0) is 176 Å². The van der Waals surface area contributed by atoms with Gasteiger partial charge in [-0.15, -0.1) is 0 Å². The Labute approximate surface area is 721 Å². The maximum Gasteiger partial charge on any atom is 0.227 e. The Hall–Kier alpha value is -14.2. The highest BCUT2D eigenvalue weighted by molar-refractivity contribution is 6.12. The van der Waals surface area contributed by atoms with E-state index >= 15 is 0 Å². The zero-order chi connectivity index (χ0) is 87.7. The number of aryl methyl sites for hydroxylation is 8. The summed E-state index contributed by atoms with van der Waals surface area (Å²) in [6, 6.07) is 73.3. The molecule has 0 amide bonds. The fourth-order valence-corrected chi connectivity index (χ4v) is 16.8. The molecule has 12 nitrogen and oxygen atoms in total. The standard InChI is InChI=1S/C27H23F2N2O.3C27H24FN2O/c1-15(2)23-11-10-21-20-8-5-16(3)25(26(20)32-27(21)30-23)24-12-6-17(14-31(24)4)19-9-7-18(28)13-22(19)29;1-16(2)23-14-13-21-20-12-11-17(3)24(26(20)31-27(21)29-23)25-19(9-7-15-30(25)4)18-8-5-6-10-22(18)28;1-16(2)23-13-12-21-20-11-9-17(3)25(26(20)31-27(21)29-23)24-14-10-18(15-30(24)4)19-7-5-6-8-22(19)28;1-16(2)23-12-11-21-20-10-9-17(3)25(26(20)31-27(21)29-23)24-15-18(13-14-30(24)4)19-7-5-6-8-22(19)28/h5-15H,1-4H3;3*5-16H,1-4H3/q4*+1. The predicted octanol–water partition coefficient (Wildman–Crippen LogP) is 27.0. The lowest BCUT2D eigenvalue weighted by Crippen LogP contribution is -2.31. The Morgan fingerprint density at radius 1 is 0.264 bits per heavy atom. The maximum absolute atomic E-state index is 14.8. The largest absolute Gasteiger partial charge is 0.437 e. The number of rotatable bonds is 12. The van der Waals surface area contributed by atoms with Gasteiger partial charge in [0.1, 0.15) is 57.3 Å². The molecule has 0 aliphatic carbocycles. The van der Waals surface area contributed by atoms with Crippen molar-refractivity contribution in [3.05, 3.63) is 335 Å². The number of benzene rings is 8. The quantitative estimate of drug-likeness (QED) is 0.0876. The first-order valence-electron chi connectivity index (χ1n) is 42.2. The van der Waals surface area contributed by atoms with E-state index in [1.54, 1.807) is 30.3 Å². The Morgan fingerprint density at radius 3 is 0.976 bits per heavy atom. The normalized spacial score (nSPS) is 11.7. The molecule has 8 aromatic carbocycles. The van der Waals surface area contributed by atoms with Gasteiger partial charge < -0.3 is 17.7 Å². The molecule has 622 valence electrons. The molecule has 12 heterocycles. The van der Waals surface area contributed by atoms with Crippen LogP contribution in [-0.4, -0.2) is 19.9 Å². The second-order valence-electron chi connectivity index (χ2n) is 33.6. The van der Waals surface area contributed by atoms with Gasteiger partial charge in [-0.2, -0.15) is 0 Å². The molecule has 0 N–H and O–H groups in total. The predicted molar refractivity (Wildman–Crippen MR) is 489 cm³/mol. The molecule has 20 rings (SSSR count). The van der Waals surface area contributed by atoms with Crippen molar-refractivity contribution in [2.45, 2.75) is 107 Å². The van der Waals surface area contributed by atoms with E-state index in [0.717, 1.165) is 178 Å². The molecule has 17 heteroatoms. The van der Waals surface area contributed by atoms with Gasteiger partial charge in [0.05, 0.1) is 27.8 Å². The lowest BCUT2D eigenvalue weighted by Gasteiger charge is -2.11. The molecule has 0 aliphatic rings. The van der Waals surface area contributed by atoms with E-state index < -0.39 is 11.6 Å². The van der Waals surface area contributed by atoms with Crippen LogP contribution < -0.4 is 18.3 Å². The first kappa shape index (κ1) is 83.1. The molecular weight excluding hydrogens is 1570 g/mol. The van der Waals surface area contributed by atoms with E-state index in [2.05, 4.69) is 167 Å². The Balaban J connectivity index is 0.000000118. The minimum atomic E-state index is -0.589. The first-order chi connectivity index (χ1) is 60.2. The molecule has 0 aliphatic heterocycles. The van der Waals surface area contributed by atoms with Gasteiger partial charge in [-0.25, -0.2) is 60.2 Å². The molecule has 0 fully saturated rings. The number of pyridine rings is 8. The summed E-state index contributed by atoms with van der Waals surface area (Å²) in [7, 11) is 7.87. The monoisotopic (exact) mass is 1660 g/mol. The molecule has 0 radical (unpaired) electrons. The first-order valence-corrected chi connectivity index (χ1v) is 42.2. The van der Waals surface area contributed by atoms with Crippen molar-refractivity contribution in [3.63, 3.8) is 0 Å². The van der Waals surface area contributed by atoms with Crippen LogP contribution in [0.1, 0.15) is 124 Å². The number of hydrogen-bond donors (Lipinski definition) is 0. The summed E-state index contributed by atoms with van der Waals surface area (Å²) in [6.07, 6.45) is 7.76. The highest BCUT2D eigenvalue weighted by Crippen LogP contribution is 2.45. The maximum atomic E-state index is 14.8. The Kier molecular flexibility index (Phi) is 22.5. The average molecular weight is 1660 g/mol. The van der Waals surface area contributed by atoms with Crippen LogP contribution in [0.25, 0.3) is 178 Å². The van der Waals surface area contributed by atoms with Crippen molar-refractivity contribution >= 4 is 88.3 Å². The molecule has 0 unspecified atom stereocenters. The molecule has 20 aromatic rings. The number of nitrogens with zero attached hydrogens (tertiary/aromatic N) is 8. The summed E-state index contributed by atoms with van der Waals surface area (Å²) < 4.78 is 104. The fourth-order valence-electron chi connectivity index (χ4n) is 16.8. The van der Waals surface area contributed by atoms with Gasteiger partial charge in [-0.3, -0.25) is 0 Å². The van der Waals surface area contributed by atoms with Crippen LogP contribution in [0.3, 0.4) is 0 Å². The fraction of sp³-hybridized carbons (Fsp3) is 0.185. The van der Waals surface area contributed by atoms with Crippen molar-refractivity contribution in [1.29, 1.82) is 0 Å².